The average molecular weight is 501 g/mol. The fourth-order valence-corrected chi connectivity index (χ4v) is 2.43. The third kappa shape index (κ3) is 9.36. The Morgan fingerprint density at radius 3 is 2.54 bits per heavy atom. The molecule has 2 aromatic rings. The van der Waals surface area contributed by atoms with Crippen molar-refractivity contribution in [2.75, 3.05) is 26.8 Å². The molecule has 0 radical (unpaired) electrons. The molecule has 7 heteroatoms. The van der Waals surface area contributed by atoms with Gasteiger partial charge in [0.15, 0.2) is 5.96 Å². The van der Waals surface area contributed by atoms with Crippen LogP contribution in [0.15, 0.2) is 53.5 Å². The van der Waals surface area contributed by atoms with E-state index in [1.54, 1.807) is 13.1 Å². The van der Waals surface area contributed by atoms with Crippen molar-refractivity contribution in [2.24, 2.45) is 4.99 Å². The van der Waals surface area contributed by atoms with E-state index in [0.717, 1.165) is 49.0 Å². The lowest BCUT2D eigenvalue weighted by Gasteiger charge is -2.12. The first-order valence-electron chi connectivity index (χ1n) is 9.19. The van der Waals surface area contributed by atoms with Gasteiger partial charge in [0.2, 0.25) is 0 Å². The predicted molar refractivity (Wildman–Crippen MR) is 122 cm³/mol. The minimum atomic E-state index is -0.252. The minimum Gasteiger partial charge on any atom is -0.489 e. The molecule has 0 aliphatic rings. The maximum absolute atomic E-state index is 13.2. The van der Waals surface area contributed by atoms with Crippen LogP contribution in [-0.2, 0) is 17.9 Å². The van der Waals surface area contributed by atoms with E-state index in [2.05, 4.69) is 15.6 Å². The Morgan fingerprint density at radius 1 is 1.07 bits per heavy atom. The number of nitrogens with zero attached hydrogens (tertiary/aromatic N) is 1. The van der Waals surface area contributed by atoms with Crippen LogP contribution in [0.4, 0.5) is 4.39 Å². The zero-order chi connectivity index (χ0) is 19.3. The molecule has 0 unspecified atom stereocenters. The molecule has 5 nitrogen and oxygen atoms in total. The van der Waals surface area contributed by atoms with Crippen molar-refractivity contribution in [3.05, 3.63) is 65.5 Å². The van der Waals surface area contributed by atoms with Crippen molar-refractivity contribution in [1.82, 2.24) is 10.6 Å². The summed E-state index contributed by atoms with van der Waals surface area (Å²) < 4.78 is 24.2. The van der Waals surface area contributed by atoms with Gasteiger partial charge in [-0.15, -0.1) is 24.0 Å². The summed E-state index contributed by atoms with van der Waals surface area (Å²) in [5.74, 6) is 1.26. The normalized spacial score (nSPS) is 10.9. The van der Waals surface area contributed by atoms with Gasteiger partial charge in [-0.25, -0.2) is 4.39 Å². The van der Waals surface area contributed by atoms with Gasteiger partial charge >= 0.3 is 0 Å². The second kappa shape index (κ2) is 14.2. The van der Waals surface area contributed by atoms with E-state index in [0.29, 0.717) is 13.2 Å². The Morgan fingerprint density at radius 2 is 1.86 bits per heavy atom. The van der Waals surface area contributed by atoms with Crippen molar-refractivity contribution >= 4 is 29.9 Å². The van der Waals surface area contributed by atoms with Crippen LogP contribution < -0.4 is 15.4 Å². The molecule has 28 heavy (non-hydrogen) atoms. The van der Waals surface area contributed by atoms with Gasteiger partial charge < -0.3 is 20.1 Å². The number of benzene rings is 2. The van der Waals surface area contributed by atoms with Crippen molar-refractivity contribution in [1.29, 1.82) is 0 Å². The van der Waals surface area contributed by atoms with Crippen LogP contribution in [-0.4, -0.2) is 32.8 Å². The van der Waals surface area contributed by atoms with Crippen molar-refractivity contribution in [3.8, 4) is 5.75 Å². The van der Waals surface area contributed by atoms with Gasteiger partial charge in [-0.2, -0.15) is 0 Å². The van der Waals surface area contributed by atoms with Gasteiger partial charge in [-0.3, -0.25) is 4.99 Å². The number of hydrogen-bond acceptors (Lipinski definition) is 3. The summed E-state index contributed by atoms with van der Waals surface area (Å²) in [6.45, 7) is 5.30. The van der Waals surface area contributed by atoms with E-state index in [4.69, 9.17) is 9.47 Å². The molecule has 0 heterocycles. The van der Waals surface area contributed by atoms with E-state index in [1.807, 2.05) is 37.3 Å². The minimum absolute atomic E-state index is 0. The summed E-state index contributed by atoms with van der Waals surface area (Å²) in [7, 11) is 1.75. The lowest BCUT2D eigenvalue weighted by molar-refractivity contribution is 0.145. The summed E-state index contributed by atoms with van der Waals surface area (Å²) in [5, 5.41) is 6.53. The smallest absolute Gasteiger partial charge is 0.191 e. The molecular formula is C21H29FIN3O2. The molecule has 0 saturated heterocycles. The molecule has 0 spiro atoms. The third-order valence-corrected chi connectivity index (χ3v) is 3.86. The zero-order valence-electron chi connectivity index (χ0n) is 16.4. The molecule has 2 aromatic carbocycles. The number of nitrogens with one attached hydrogen (secondary N) is 2. The molecule has 0 bridgehead atoms. The summed E-state index contributed by atoms with van der Waals surface area (Å²) in [6, 6.07) is 14.2. The van der Waals surface area contributed by atoms with Gasteiger partial charge in [-0.1, -0.05) is 24.3 Å². The van der Waals surface area contributed by atoms with Gasteiger partial charge in [0.1, 0.15) is 18.2 Å². The summed E-state index contributed by atoms with van der Waals surface area (Å²) in [4.78, 5) is 4.21. The van der Waals surface area contributed by atoms with Gasteiger partial charge in [-0.05, 0) is 48.7 Å². The Labute approximate surface area is 183 Å². The highest BCUT2D eigenvalue weighted by atomic mass is 127. The molecule has 154 valence electrons. The van der Waals surface area contributed by atoms with Crippen LogP contribution in [0.1, 0.15) is 24.5 Å². The number of guanidine groups is 1. The van der Waals surface area contributed by atoms with Crippen molar-refractivity contribution in [2.45, 2.75) is 26.5 Å². The number of halogens is 2. The fraction of sp³-hybridized carbons (Fsp3) is 0.381. The summed E-state index contributed by atoms with van der Waals surface area (Å²) >= 11 is 0. The predicted octanol–water partition coefficient (Wildman–Crippen LogP) is 4.11. The molecule has 0 aromatic heterocycles. The van der Waals surface area contributed by atoms with E-state index in [1.165, 1.54) is 12.1 Å². The highest BCUT2D eigenvalue weighted by molar-refractivity contribution is 14.0. The largest absolute Gasteiger partial charge is 0.489 e. The highest BCUT2D eigenvalue weighted by Gasteiger charge is 2.01. The molecule has 2 N–H and O–H groups in total. The first-order chi connectivity index (χ1) is 13.2. The van der Waals surface area contributed by atoms with Gasteiger partial charge in [0.25, 0.3) is 0 Å². The van der Waals surface area contributed by atoms with Crippen LogP contribution >= 0.6 is 24.0 Å². The Bertz CT molecular complexity index is 711. The van der Waals surface area contributed by atoms with E-state index < -0.39 is 0 Å². The Balaban J connectivity index is 0.00000392. The van der Waals surface area contributed by atoms with Crippen LogP contribution in [0.25, 0.3) is 0 Å². The average Bonchev–Trinajstić information content (AvgIpc) is 2.69. The zero-order valence-corrected chi connectivity index (χ0v) is 18.7. The van der Waals surface area contributed by atoms with E-state index in [-0.39, 0.29) is 29.8 Å². The lowest BCUT2D eigenvalue weighted by Crippen LogP contribution is -2.37. The lowest BCUT2D eigenvalue weighted by atomic mass is 10.2. The van der Waals surface area contributed by atoms with Gasteiger partial charge in [0.05, 0.1) is 0 Å². The topological polar surface area (TPSA) is 54.9 Å². The maximum Gasteiger partial charge on any atom is 0.191 e. The number of aliphatic imine (C=N–C) groups is 1. The number of hydrogen-bond donors (Lipinski definition) is 2. The van der Waals surface area contributed by atoms with Crippen molar-refractivity contribution < 1.29 is 13.9 Å². The monoisotopic (exact) mass is 501 g/mol. The van der Waals surface area contributed by atoms with Crippen LogP contribution in [0, 0.1) is 5.82 Å². The molecule has 0 saturated carbocycles. The molecular weight excluding hydrogens is 472 g/mol. The highest BCUT2D eigenvalue weighted by Crippen LogP contribution is 2.14. The maximum atomic E-state index is 13.2. The van der Waals surface area contributed by atoms with Crippen LogP contribution in [0.5, 0.6) is 5.75 Å². The standard InChI is InChI=1S/C21H28FN3O2.HI/c1-3-26-13-5-12-24-21(23-2)25-15-17-8-10-20(11-9-17)27-16-18-6-4-7-19(22)14-18;/h4,6-11,14H,3,5,12-13,15-16H2,1-2H3,(H2,23,24,25);1H. The molecule has 0 atom stereocenters. The first-order valence-corrected chi connectivity index (χ1v) is 9.19. The van der Waals surface area contributed by atoms with E-state index in [9.17, 15) is 4.39 Å². The fourth-order valence-electron chi connectivity index (χ4n) is 2.43. The van der Waals surface area contributed by atoms with E-state index >= 15 is 0 Å². The second-order valence-electron chi connectivity index (χ2n) is 5.97. The third-order valence-electron chi connectivity index (χ3n) is 3.86. The molecule has 0 amide bonds. The summed E-state index contributed by atoms with van der Waals surface area (Å²) in [5.41, 5.74) is 1.92. The summed E-state index contributed by atoms with van der Waals surface area (Å²) in [6.07, 6.45) is 0.936. The van der Waals surface area contributed by atoms with Gasteiger partial charge in [0, 0.05) is 33.4 Å². The quantitative estimate of drug-likeness (QED) is 0.223. The van der Waals surface area contributed by atoms with Crippen LogP contribution in [0.2, 0.25) is 0 Å². The SMILES string of the molecule is CCOCCCNC(=NC)NCc1ccc(OCc2cccc(F)c2)cc1.I. The second-order valence-corrected chi connectivity index (χ2v) is 5.97. The molecule has 0 fully saturated rings. The molecule has 0 aliphatic heterocycles. The Kier molecular flexibility index (Phi) is 12.2. The molecule has 0 aliphatic carbocycles. The number of ether oxygens (including phenoxy) is 2. The molecule has 2 rings (SSSR count). The number of rotatable bonds is 10. The Hall–Kier alpha value is -1.87. The first kappa shape index (κ1) is 24.2. The van der Waals surface area contributed by atoms with Crippen molar-refractivity contribution in [3.63, 3.8) is 0 Å². The van der Waals surface area contributed by atoms with Crippen LogP contribution in [0.3, 0.4) is 0 Å².